The topological polar surface area (TPSA) is 0 Å². The SMILES string of the molecule is CC1=[C-]C2=C(CCCC2)C1C[Si](C)(C)C(C)(C)C.[Ti]. The third-order valence-corrected chi connectivity index (χ3v) is 11.0. The molecule has 0 radical (unpaired) electrons. The van der Waals surface area contributed by atoms with E-state index < -0.39 is 8.07 Å². The summed E-state index contributed by atoms with van der Waals surface area (Å²) in [6.07, 6.45) is 9.12. The number of hydrogen-bond donors (Lipinski definition) is 0. The largest absolute Gasteiger partial charge is 0.249 e. The zero-order valence-corrected chi connectivity index (χ0v) is 16.2. The van der Waals surface area contributed by atoms with Crippen molar-refractivity contribution in [3.05, 3.63) is 22.8 Å². The Morgan fingerprint density at radius 1 is 1.16 bits per heavy atom. The fourth-order valence-corrected chi connectivity index (χ4v) is 5.32. The third kappa shape index (κ3) is 3.54. The van der Waals surface area contributed by atoms with E-state index in [4.69, 9.17) is 0 Å². The predicted molar refractivity (Wildman–Crippen MR) is 83.4 cm³/mol. The van der Waals surface area contributed by atoms with Crippen molar-refractivity contribution in [1.29, 1.82) is 0 Å². The molecule has 0 aromatic rings. The minimum Gasteiger partial charge on any atom is -0.249 e. The zero-order chi connectivity index (χ0) is 13.6. The van der Waals surface area contributed by atoms with Crippen molar-refractivity contribution in [3.63, 3.8) is 0 Å². The minimum atomic E-state index is -1.18. The molecule has 0 aromatic heterocycles. The van der Waals surface area contributed by atoms with Gasteiger partial charge in [-0.05, 0) is 5.04 Å². The van der Waals surface area contributed by atoms with Gasteiger partial charge in [-0.25, -0.2) is 17.2 Å². The van der Waals surface area contributed by atoms with E-state index in [1.54, 1.807) is 11.1 Å². The van der Waals surface area contributed by atoms with Crippen LogP contribution >= 0.6 is 0 Å². The van der Waals surface area contributed by atoms with Gasteiger partial charge in [-0.3, -0.25) is 0 Å². The summed E-state index contributed by atoms with van der Waals surface area (Å²) in [5.41, 5.74) is 4.89. The molecule has 2 rings (SSSR count). The van der Waals surface area contributed by atoms with Crippen molar-refractivity contribution < 1.29 is 21.7 Å². The first kappa shape index (κ1) is 17.5. The van der Waals surface area contributed by atoms with Crippen molar-refractivity contribution in [2.45, 2.75) is 77.6 Å². The molecule has 0 bridgehead atoms. The van der Waals surface area contributed by atoms with Crippen LogP contribution in [-0.2, 0) is 21.7 Å². The van der Waals surface area contributed by atoms with Gasteiger partial charge < -0.3 is 0 Å². The summed E-state index contributed by atoms with van der Waals surface area (Å²) in [5.74, 6) is 0.751. The quantitative estimate of drug-likeness (QED) is 0.450. The second-order valence-electron chi connectivity index (χ2n) is 7.91. The Labute approximate surface area is 136 Å². The molecule has 0 spiro atoms. The van der Waals surface area contributed by atoms with E-state index in [-0.39, 0.29) is 21.7 Å². The van der Waals surface area contributed by atoms with Crippen LogP contribution in [0, 0.1) is 12.0 Å². The first-order valence-corrected chi connectivity index (χ1v) is 10.8. The molecule has 0 saturated heterocycles. The fourth-order valence-electron chi connectivity index (χ4n) is 3.14. The van der Waals surface area contributed by atoms with Gasteiger partial charge in [-0.15, -0.1) is 0 Å². The maximum Gasteiger partial charge on any atom is 0.0521 e. The van der Waals surface area contributed by atoms with E-state index in [2.05, 4.69) is 46.9 Å². The Morgan fingerprint density at radius 2 is 1.74 bits per heavy atom. The van der Waals surface area contributed by atoms with Gasteiger partial charge in [0.2, 0.25) is 0 Å². The fraction of sp³-hybridized carbons (Fsp3) is 0.765. The van der Waals surface area contributed by atoms with E-state index in [1.807, 2.05) is 0 Å². The molecule has 0 fully saturated rings. The molecular formula is C17H29SiTi-. The van der Waals surface area contributed by atoms with Gasteiger partial charge in [0.25, 0.3) is 0 Å². The molecule has 0 aromatic carbocycles. The summed E-state index contributed by atoms with van der Waals surface area (Å²) in [6.45, 7) is 14.8. The van der Waals surface area contributed by atoms with Crippen LogP contribution in [0.3, 0.4) is 0 Å². The minimum absolute atomic E-state index is 0. The molecule has 2 heteroatoms. The summed E-state index contributed by atoms with van der Waals surface area (Å²) < 4.78 is 0. The van der Waals surface area contributed by atoms with Crippen molar-refractivity contribution in [2.24, 2.45) is 5.92 Å². The Morgan fingerprint density at radius 3 is 2.32 bits per heavy atom. The molecule has 0 N–H and O–H groups in total. The zero-order valence-electron chi connectivity index (χ0n) is 13.6. The maximum atomic E-state index is 3.70. The van der Waals surface area contributed by atoms with Gasteiger partial charge in [0.15, 0.2) is 0 Å². The van der Waals surface area contributed by atoms with Gasteiger partial charge >= 0.3 is 0 Å². The molecule has 1 unspecified atom stereocenters. The predicted octanol–water partition coefficient (Wildman–Crippen LogP) is 5.74. The summed E-state index contributed by atoms with van der Waals surface area (Å²) >= 11 is 0. The summed E-state index contributed by atoms with van der Waals surface area (Å²) in [4.78, 5) is 0. The molecule has 1 atom stereocenters. The normalized spacial score (nSPS) is 23.9. The van der Waals surface area contributed by atoms with Crippen molar-refractivity contribution >= 4 is 8.07 Å². The average Bonchev–Trinajstić information content (AvgIpc) is 2.54. The van der Waals surface area contributed by atoms with E-state index in [9.17, 15) is 0 Å². The van der Waals surface area contributed by atoms with Crippen LogP contribution in [0.15, 0.2) is 16.7 Å². The second kappa shape index (κ2) is 6.03. The summed E-state index contributed by atoms with van der Waals surface area (Å²) in [6, 6.07) is 1.42. The molecule has 2 aliphatic rings. The Bertz CT molecular complexity index is 396. The van der Waals surface area contributed by atoms with Gasteiger partial charge in [0, 0.05) is 21.7 Å². The average molecular weight is 309 g/mol. The molecule has 2 aliphatic carbocycles. The van der Waals surface area contributed by atoms with Gasteiger partial charge in [0.05, 0.1) is 8.07 Å². The summed E-state index contributed by atoms with van der Waals surface area (Å²) in [7, 11) is -1.18. The van der Waals surface area contributed by atoms with E-state index >= 15 is 0 Å². The van der Waals surface area contributed by atoms with E-state index in [0.29, 0.717) is 5.04 Å². The van der Waals surface area contributed by atoms with Crippen molar-refractivity contribution in [2.75, 3.05) is 0 Å². The van der Waals surface area contributed by atoms with Crippen molar-refractivity contribution in [1.82, 2.24) is 0 Å². The Hall–Kier alpha value is 0.411. The van der Waals surface area contributed by atoms with Crippen LogP contribution in [0.5, 0.6) is 0 Å². The van der Waals surface area contributed by atoms with Gasteiger partial charge in [-0.2, -0.15) is 5.57 Å². The van der Waals surface area contributed by atoms with E-state index in [0.717, 1.165) is 5.92 Å². The number of allylic oxidation sites excluding steroid dienone is 4. The molecule has 106 valence electrons. The molecule has 0 nitrogen and oxygen atoms in total. The molecule has 0 heterocycles. The first-order chi connectivity index (χ1) is 8.22. The molecule has 0 aliphatic heterocycles. The molecule has 19 heavy (non-hydrogen) atoms. The van der Waals surface area contributed by atoms with Crippen LogP contribution in [0.25, 0.3) is 0 Å². The number of hydrogen-bond acceptors (Lipinski definition) is 0. The van der Waals surface area contributed by atoms with E-state index in [1.165, 1.54) is 37.3 Å². The molecule has 0 amide bonds. The molecular weight excluding hydrogens is 280 g/mol. The van der Waals surface area contributed by atoms with Gasteiger partial charge in [-0.1, -0.05) is 78.4 Å². The smallest absolute Gasteiger partial charge is 0.0521 e. The van der Waals surface area contributed by atoms with Crippen LogP contribution in [0.4, 0.5) is 0 Å². The maximum absolute atomic E-state index is 3.70. The molecule has 0 saturated carbocycles. The second-order valence-corrected chi connectivity index (χ2v) is 13.6. The number of rotatable bonds is 2. The van der Waals surface area contributed by atoms with Crippen LogP contribution in [-0.4, -0.2) is 8.07 Å². The van der Waals surface area contributed by atoms with Gasteiger partial charge in [0.1, 0.15) is 0 Å². The van der Waals surface area contributed by atoms with Crippen LogP contribution < -0.4 is 0 Å². The Kier molecular flexibility index (Phi) is 5.55. The standard InChI is InChI=1S/C17H29Si.Ti/c1-13-11-14-9-7-8-10-15(14)16(13)12-18(5,6)17(2,3)4;/h16H,7-10,12H2,1-6H3;/q-1;. The van der Waals surface area contributed by atoms with Crippen LogP contribution in [0.2, 0.25) is 24.2 Å². The summed E-state index contributed by atoms with van der Waals surface area (Å²) in [5, 5.41) is 0.505. The first-order valence-electron chi connectivity index (χ1n) is 7.55. The third-order valence-electron chi connectivity index (χ3n) is 5.55. The monoisotopic (exact) mass is 309 g/mol. The van der Waals surface area contributed by atoms with Crippen LogP contribution in [0.1, 0.15) is 53.4 Å². The Balaban J connectivity index is 0.00000180. The van der Waals surface area contributed by atoms with Crippen molar-refractivity contribution in [3.8, 4) is 0 Å².